The summed E-state index contributed by atoms with van der Waals surface area (Å²) in [6, 6.07) is 3.84. The smallest absolute Gasteiger partial charge is 0.339 e. The molecule has 0 spiro atoms. The van der Waals surface area contributed by atoms with E-state index in [2.05, 4.69) is 4.72 Å². The summed E-state index contributed by atoms with van der Waals surface area (Å²) in [7, 11) is -3.70. The number of benzene rings is 1. The van der Waals surface area contributed by atoms with Crippen molar-refractivity contribution in [3.63, 3.8) is 0 Å². The van der Waals surface area contributed by atoms with Crippen molar-refractivity contribution in [3.8, 4) is 5.75 Å². The van der Waals surface area contributed by atoms with E-state index in [-0.39, 0.29) is 16.2 Å². The maximum atomic E-state index is 12.1. The van der Waals surface area contributed by atoms with Gasteiger partial charge in [-0.2, -0.15) is 0 Å². The van der Waals surface area contributed by atoms with Crippen LogP contribution in [0.25, 0.3) is 0 Å². The Morgan fingerprint density at radius 3 is 2.57 bits per heavy atom. The fourth-order valence-corrected chi connectivity index (χ4v) is 2.89. The Bertz CT molecular complexity index is 583. The molecule has 0 aromatic heterocycles. The average molecular weight is 315 g/mol. The number of carboxylic acids is 1. The third-order valence-electron chi connectivity index (χ3n) is 2.86. The predicted octanol–water partition coefficient (Wildman–Crippen LogP) is 2.25. The standard InChI is InChI=1S/C14H21NO5S/c1-3-5-6-9-15-21(18,19)11-7-8-13(20-4-2)12(10-11)14(16)17/h7-8,10,15H,3-6,9H2,1-2H3,(H,16,17). The molecule has 1 rings (SSSR count). The van der Waals surface area contributed by atoms with Crippen LogP contribution in [-0.4, -0.2) is 32.6 Å². The largest absolute Gasteiger partial charge is 0.493 e. The van der Waals surface area contributed by atoms with Crippen molar-refractivity contribution in [2.24, 2.45) is 0 Å². The second-order valence-corrected chi connectivity index (χ2v) is 6.27. The number of sulfonamides is 1. The number of rotatable bonds is 9. The number of carbonyl (C=O) groups is 1. The van der Waals surface area contributed by atoms with Crippen molar-refractivity contribution in [2.45, 2.75) is 38.0 Å². The van der Waals surface area contributed by atoms with Crippen LogP contribution in [0.15, 0.2) is 23.1 Å². The zero-order valence-corrected chi connectivity index (χ0v) is 13.1. The first kappa shape index (κ1) is 17.5. The second kappa shape index (κ2) is 7.99. The van der Waals surface area contributed by atoms with E-state index in [0.29, 0.717) is 13.2 Å². The van der Waals surface area contributed by atoms with Gasteiger partial charge in [-0.05, 0) is 31.5 Å². The van der Waals surface area contributed by atoms with E-state index < -0.39 is 16.0 Å². The molecule has 0 fully saturated rings. The summed E-state index contributed by atoms with van der Waals surface area (Å²) in [6.45, 7) is 4.40. The van der Waals surface area contributed by atoms with Crippen molar-refractivity contribution in [1.29, 1.82) is 0 Å². The van der Waals surface area contributed by atoms with Gasteiger partial charge in [0.25, 0.3) is 0 Å². The molecule has 0 aliphatic heterocycles. The van der Waals surface area contributed by atoms with Crippen LogP contribution in [0.3, 0.4) is 0 Å². The summed E-state index contributed by atoms with van der Waals surface area (Å²) < 4.78 is 31.8. The first-order valence-corrected chi connectivity index (χ1v) is 8.40. The molecule has 0 heterocycles. The summed E-state index contributed by atoms with van der Waals surface area (Å²) >= 11 is 0. The Morgan fingerprint density at radius 1 is 1.29 bits per heavy atom. The van der Waals surface area contributed by atoms with E-state index in [1.54, 1.807) is 6.92 Å². The highest BCUT2D eigenvalue weighted by Gasteiger charge is 2.19. The van der Waals surface area contributed by atoms with Gasteiger partial charge in [0.05, 0.1) is 11.5 Å². The van der Waals surface area contributed by atoms with E-state index in [9.17, 15) is 13.2 Å². The molecule has 1 aromatic rings. The molecule has 0 radical (unpaired) electrons. The normalized spacial score (nSPS) is 11.3. The van der Waals surface area contributed by atoms with E-state index in [1.807, 2.05) is 6.92 Å². The summed E-state index contributed by atoms with van der Waals surface area (Å²) in [6.07, 6.45) is 2.68. The molecule has 0 atom stereocenters. The molecule has 2 N–H and O–H groups in total. The molecular formula is C14H21NO5S. The zero-order valence-electron chi connectivity index (χ0n) is 12.3. The Morgan fingerprint density at radius 2 is 2.00 bits per heavy atom. The van der Waals surface area contributed by atoms with Crippen molar-refractivity contribution >= 4 is 16.0 Å². The second-order valence-electron chi connectivity index (χ2n) is 4.50. The number of hydrogen-bond acceptors (Lipinski definition) is 4. The van der Waals surface area contributed by atoms with Crippen molar-refractivity contribution in [1.82, 2.24) is 4.72 Å². The van der Waals surface area contributed by atoms with E-state index in [1.165, 1.54) is 12.1 Å². The lowest BCUT2D eigenvalue weighted by atomic mass is 10.2. The molecule has 0 saturated heterocycles. The Hall–Kier alpha value is -1.60. The molecule has 6 nitrogen and oxygen atoms in total. The van der Waals surface area contributed by atoms with Crippen molar-refractivity contribution < 1.29 is 23.1 Å². The Balaban J connectivity index is 2.97. The molecule has 0 bridgehead atoms. The minimum absolute atomic E-state index is 0.0696. The van der Waals surface area contributed by atoms with Gasteiger partial charge in [0.1, 0.15) is 11.3 Å². The van der Waals surface area contributed by atoms with Crippen LogP contribution in [0.1, 0.15) is 43.5 Å². The Kier molecular flexibility index (Phi) is 6.64. The van der Waals surface area contributed by atoms with Gasteiger partial charge in [0, 0.05) is 6.54 Å². The molecule has 118 valence electrons. The van der Waals surface area contributed by atoms with Crippen LogP contribution >= 0.6 is 0 Å². The topological polar surface area (TPSA) is 92.7 Å². The third kappa shape index (κ3) is 5.02. The van der Waals surface area contributed by atoms with Gasteiger partial charge >= 0.3 is 5.97 Å². The molecule has 0 unspecified atom stereocenters. The highest BCUT2D eigenvalue weighted by molar-refractivity contribution is 7.89. The summed E-state index contributed by atoms with van der Waals surface area (Å²) in [5, 5.41) is 9.13. The number of carboxylic acid groups (broad SMARTS) is 1. The molecule has 0 amide bonds. The predicted molar refractivity (Wildman–Crippen MR) is 79.3 cm³/mol. The monoisotopic (exact) mass is 315 g/mol. The lowest BCUT2D eigenvalue weighted by Gasteiger charge is -2.10. The lowest BCUT2D eigenvalue weighted by molar-refractivity contribution is 0.0692. The van der Waals surface area contributed by atoms with Gasteiger partial charge in [-0.25, -0.2) is 17.9 Å². The van der Waals surface area contributed by atoms with Crippen molar-refractivity contribution in [3.05, 3.63) is 23.8 Å². The quantitative estimate of drug-likeness (QED) is 0.682. The van der Waals surface area contributed by atoms with Crippen LogP contribution < -0.4 is 9.46 Å². The fraction of sp³-hybridized carbons (Fsp3) is 0.500. The summed E-state index contributed by atoms with van der Waals surface area (Å²) in [5.74, 6) is -1.06. The van der Waals surface area contributed by atoms with Crippen LogP contribution in [0.5, 0.6) is 5.75 Å². The van der Waals surface area contributed by atoms with Crippen LogP contribution in [0.4, 0.5) is 0 Å². The number of unbranched alkanes of at least 4 members (excludes halogenated alkanes) is 2. The maximum absolute atomic E-state index is 12.1. The van der Waals surface area contributed by atoms with Gasteiger partial charge < -0.3 is 9.84 Å². The first-order valence-electron chi connectivity index (χ1n) is 6.92. The van der Waals surface area contributed by atoms with Crippen LogP contribution in [0.2, 0.25) is 0 Å². The number of nitrogens with one attached hydrogen (secondary N) is 1. The summed E-state index contributed by atoms with van der Waals surface area (Å²) in [5.41, 5.74) is -0.159. The molecule has 0 aliphatic rings. The molecule has 7 heteroatoms. The molecule has 0 saturated carbocycles. The molecule has 0 aliphatic carbocycles. The van der Waals surface area contributed by atoms with Gasteiger partial charge in [0.2, 0.25) is 10.0 Å². The zero-order chi connectivity index (χ0) is 15.9. The van der Waals surface area contributed by atoms with Gasteiger partial charge in [-0.15, -0.1) is 0 Å². The van der Waals surface area contributed by atoms with E-state index in [4.69, 9.17) is 9.84 Å². The van der Waals surface area contributed by atoms with Crippen LogP contribution in [-0.2, 0) is 10.0 Å². The van der Waals surface area contributed by atoms with E-state index >= 15 is 0 Å². The van der Waals surface area contributed by atoms with Gasteiger partial charge in [0.15, 0.2) is 0 Å². The first-order chi connectivity index (χ1) is 9.92. The van der Waals surface area contributed by atoms with E-state index in [0.717, 1.165) is 25.3 Å². The van der Waals surface area contributed by atoms with Gasteiger partial charge in [-0.3, -0.25) is 0 Å². The lowest BCUT2D eigenvalue weighted by Crippen LogP contribution is -2.25. The Labute approximate surface area is 125 Å². The number of ether oxygens (including phenoxy) is 1. The highest BCUT2D eigenvalue weighted by Crippen LogP contribution is 2.22. The minimum Gasteiger partial charge on any atom is -0.493 e. The SMILES string of the molecule is CCCCCNS(=O)(=O)c1ccc(OCC)c(C(=O)O)c1. The highest BCUT2D eigenvalue weighted by atomic mass is 32.2. The van der Waals surface area contributed by atoms with Gasteiger partial charge in [-0.1, -0.05) is 19.8 Å². The average Bonchev–Trinajstić information content (AvgIpc) is 2.44. The molecular weight excluding hydrogens is 294 g/mol. The summed E-state index contributed by atoms with van der Waals surface area (Å²) in [4.78, 5) is 11.1. The fourth-order valence-electron chi connectivity index (χ4n) is 1.79. The minimum atomic E-state index is -3.70. The third-order valence-corrected chi connectivity index (χ3v) is 4.32. The van der Waals surface area contributed by atoms with Crippen molar-refractivity contribution in [2.75, 3.05) is 13.2 Å². The number of hydrogen-bond donors (Lipinski definition) is 2. The maximum Gasteiger partial charge on any atom is 0.339 e. The molecule has 1 aromatic carbocycles. The number of aromatic carboxylic acids is 1. The molecule has 21 heavy (non-hydrogen) atoms. The van der Waals surface area contributed by atoms with Crippen LogP contribution in [0, 0.1) is 0 Å².